The summed E-state index contributed by atoms with van der Waals surface area (Å²) in [6.07, 6.45) is 2.21. The van der Waals surface area contributed by atoms with Crippen molar-refractivity contribution in [2.45, 2.75) is 13.3 Å². The van der Waals surface area contributed by atoms with E-state index in [1.807, 2.05) is 0 Å². The van der Waals surface area contributed by atoms with Gasteiger partial charge in [0, 0.05) is 26.2 Å². The maximum absolute atomic E-state index is 14.2. The highest BCUT2D eigenvalue weighted by molar-refractivity contribution is 5.62. The van der Waals surface area contributed by atoms with Gasteiger partial charge in [-0.15, -0.1) is 0 Å². The van der Waals surface area contributed by atoms with Crippen LogP contribution in [0, 0.1) is 11.7 Å². The number of fused-ring (bicyclic) bond motifs is 1. The lowest BCUT2D eigenvalue weighted by molar-refractivity contribution is 0.228. The highest BCUT2D eigenvalue weighted by atomic mass is 19.1. The van der Waals surface area contributed by atoms with E-state index < -0.39 is 0 Å². The summed E-state index contributed by atoms with van der Waals surface area (Å²) in [7, 11) is 2.09. The average Bonchev–Trinajstić information content (AvgIpc) is 2.40. The molecule has 3 rings (SSSR count). The number of halogens is 1. The molecule has 2 aliphatic rings. The Kier molecular flexibility index (Phi) is 3.31. The van der Waals surface area contributed by atoms with Crippen LogP contribution in [0.1, 0.15) is 12.6 Å². The van der Waals surface area contributed by atoms with Gasteiger partial charge in [0.05, 0.1) is 18.5 Å². The monoisotopic (exact) mass is 265 g/mol. The molecule has 1 fully saturated rings. The summed E-state index contributed by atoms with van der Waals surface area (Å²) in [4.78, 5) is 8.55. The van der Waals surface area contributed by atoms with Crippen molar-refractivity contribution in [2.75, 3.05) is 44.7 Å². The molecule has 1 atom stereocenters. The molecule has 104 valence electrons. The van der Waals surface area contributed by atoms with Crippen LogP contribution in [-0.4, -0.2) is 49.7 Å². The van der Waals surface area contributed by atoms with E-state index in [0.29, 0.717) is 24.0 Å². The Labute approximate surface area is 113 Å². The zero-order valence-corrected chi connectivity index (χ0v) is 11.5. The fraction of sp³-hybridized carbons (Fsp3) is 0.643. The predicted molar refractivity (Wildman–Crippen MR) is 72.3 cm³/mol. The van der Waals surface area contributed by atoms with E-state index in [9.17, 15) is 4.39 Å². The average molecular weight is 265 g/mol. The van der Waals surface area contributed by atoms with E-state index in [0.717, 1.165) is 38.3 Å². The second-order valence-corrected chi connectivity index (χ2v) is 5.64. The Hall–Kier alpha value is -1.36. The third-order valence-electron chi connectivity index (χ3n) is 3.91. The normalized spacial score (nSPS) is 23.9. The summed E-state index contributed by atoms with van der Waals surface area (Å²) >= 11 is 0. The van der Waals surface area contributed by atoms with Crippen molar-refractivity contribution in [3.8, 4) is 5.75 Å². The van der Waals surface area contributed by atoms with Crippen molar-refractivity contribution < 1.29 is 9.13 Å². The fourth-order valence-corrected chi connectivity index (χ4v) is 2.74. The van der Waals surface area contributed by atoms with Crippen LogP contribution in [0.25, 0.3) is 0 Å². The Bertz CT molecular complexity index is 472. The van der Waals surface area contributed by atoms with Gasteiger partial charge in [-0.05, 0) is 19.4 Å². The summed E-state index contributed by atoms with van der Waals surface area (Å²) in [6.45, 7) is 6.35. The van der Waals surface area contributed by atoms with Crippen LogP contribution in [0.15, 0.2) is 6.20 Å². The standard InChI is InChI=1S/C14H20FN3O/c1-10-7-12-14(19-9-10)13(11(15)8-16-12)18-5-3-17(2)4-6-18/h8,10H,3-7,9H2,1-2H3. The number of hydrogen-bond acceptors (Lipinski definition) is 4. The molecule has 4 nitrogen and oxygen atoms in total. The van der Waals surface area contributed by atoms with Crippen LogP contribution in [-0.2, 0) is 6.42 Å². The molecule has 0 N–H and O–H groups in total. The molecule has 2 aliphatic heterocycles. The Morgan fingerprint density at radius 3 is 2.79 bits per heavy atom. The van der Waals surface area contributed by atoms with Gasteiger partial charge in [-0.25, -0.2) is 4.39 Å². The summed E-state index contributed by atoms with van der Waals surface area (Å²) < 4.78 is 19.9. The van der Waals surface area contributed by atoms with Crippen LogP contribution in [0.2, 0.25) is 0 Å². The lowest BCUT2D eigenvalue weighted by Gasteiger charge is -2.36. The van der Waals surface area contributed by atoms with E-state index in [1.165, 1.54) is 6.20 Å². The molecule has 0 radical (unpaired) electrons. The molecule has 1 aromatic rings. The molecule has 0 aliphatic carbocycles. The molecule has 1 unspecified atom stereocenters. The molecular formula is C14H20FN3O. The third kappa shape index (κ3) is 2.39. The van der Waals surface area contributed by atoms with Crippen molar-refractivity contribution in [2.24, 2.45) is 5.92 Å². The number of aromatic nitrogens is 1. The van der Waals surface area contributed by atoms with Crippen LogP contribution in [0.4, 0.5) is 10.1 Å². The predicted octanol–water partition coefficient (Wildman–Crippen LogP) is 1.54. The maximum Gasteiger partial charge on any atom is 0.168 e. The molecule has 1 aromatic heterocycles. The van der Waals surface area contributed by atoms with Gasteiger partial charge >= 0.3 is 0 Å². The highest BCUT2D eigenvalue weighted by Gasteiger charge is 2.27. The zero-order chi connectivity index (χ0) is 13.4. The highest BCUT2D eigenvalue weighted by Crippen LogP contribution is 2.37. The second kappa shape index (κ2) is 4.96. The van der Waals surface area contributed by atoms with Gasteiger partial charge in [0.15, 0.2) is 11.6 Å². The number of piperazine rings is 1. The maximum atomic E-state index is 14.2. The Morgan fingerprint density at radius 2 is 2.05 bits per heavy atom. The summed E-state index contributed by atoms with van der Waals surface area (Å²) in [5, 5.41) is 0. The quantitative estimate of drug-likeness (QED) is 0.770. The van der Waals surface area contributed by atoms with Gasteiger partial charge in [0.1, 0.15) is 5.69 Å². The number of pyridine rings is 1. The van der Waals surface area contributed by atoms with Crippen molar-refractivity contribution in [3.63, 3.8) is 0 Å². The molecule has 0 amide bonds. The minimum atomic E-state index is -0.266. The number of ether oxygens (including phenoxy) is 1. The van der Waals surface area contributed by atoms with Gasteiger partial charge in [0.25, 0.3) is 0 Å². The molecule has 0 spiro atoms. The third-order valence-corrected chi connectivity index (χ3v) is 3.91. The number of hydrogen-bond donors (Lipinski definition) is 0. The Balaban J connectivity index is 1.94. The topological polar surface area (TPSA) is 28.6 Å². The number of anilines is 1. The van der Waals surface area contributed by atoms with E-state index in [-0.39, 0.29) is 5.82 Å². The van der Waals surface area contributed by atoms with Crippen LogP contribution >= 0.6 is 0 Å². The van der Waals surface area contributed by atoms with Gasteiger partial charge in [-0.1, -0.05) is 6.92 Å². The van der Waals surface area contributed by atoms with Gasteiger partial charge in [0.2, 0.25) is 0 Å². The van der Waals surface area contributed by atoms with Gasteiger partial charge < -0.3 is 14.5 Å². The molecule has 1 saturated heterocycles. The van der Waals surface area contributed by atoms with E-state index in [1.54, 1.807) is 0 Å². The van der Waals surface area contributed by atoms with Crippen molar-refractivity contribution >= 4 is 5.69 Å². The summed E-state index contributed by atoms with van der Waals surface area (Å²) in [5.41, 5.74) is 1.51. The Morgan fingerprint density at radius 1 is 1.32 bits per heavy atom. The molecule has 0 aromatic carbocycles. The number of nitrogens with zero attached hydrogens (tertiary/aromatic N) is 3. The van der Waals surface area contributed by atoms with E-state index in [2.05, 4.69) is 28.8 Å². The van der Waals surface area contributed by atoms with Crippen molar-refractivity contribution in [3.05, 3.63) is 17.7 Å². The molecule has 5 heteroatoms. The van der Waals surface area contributed by atoms with E-state index in [4.69, 9.17) is 4.74 Å². The first kappa shape index (κ1) is 12.7. The number of rotatable bonds is 1. The fourth-order valence-electron chi connectivity index (χ4n) is 2.74. The zero-order valence-electron chi connectivity index (χ0n) is 11.5. The number of likely N-dealkylation sites (N-methyl/N-ethyl adjacent to an activating group) is 1. The van der Waals surface area contributed by atoms with E-state index >= 15 is 0 Å². The first-order chi connectivity index (χ1) is 9.15. The molecule has 19 heavy (non-hydrogen) atoms. The second-order valence-electron chi connectivity index (χ2n) is 5.64. The summed E-state index contributed by atoms with van der Waals surface area (Å²) in [6, 6.07) is 0. The lowest BCUT2D eigenvalue weighted by Crippen LogP contribution is -2.45. The van der Waals surface area contributed by atoms with Crippen molar-refractivity contribution in [1.82, 2.24) is 9.88 Å². The van der Waals surface area contributed by atoms with Gasteiger partial charge in [-0.2, -0.15) is 0 Å². The molecular weight excluding hydrogens is 245 g/mol. The lowest BCUT2D eigenvalue weighted by atomic mass is 10.0. The molecule has 0 saturated carbocycles. The van der Waals surface area contributed by atoms with Gasteiger partial charge in [-0.3, -0.25) is 4.98 Å². The van der Waals surface area contributed by atoms with Crippen LogP contribution in [0.5, 0.6) is 5.75 Å². The SMILES string of the molecule is CC1COc2c(ncc(F)c2N2CCN(C)CC2)C1. The van der Waals surface area contributed by atoms with Crippen LogP contribution < -0.4 is 9.64 Å². The first-order valence-corrected chi connectivity index (χ1v) is 6.89. The van der Waals surface area contributed by atoms with Crippen molar-refractivity contribution in [1.29, 1.82) is 0 Å². The smallest absolute Gasteiger partial charge is 0.168 e. The molecule has 0 bridgehead atoms. The largest absolute Gasteiger partial charge is 0.489 e. The minimum Gasteiger partial charge on any atom is -0.489 e. The van der Waals surface area contributed by atoms with Crippen LogP contribution in [0.3, 0.4) is 0 Å². The molecule has 3 heterocycles. The minimum absolute atomic E-state index is 0.266. The first-order valence-electron chi connectivity index (χ1n) is 6.89. The summed E-state index contributed by atoms with van der Waals surface area (Å²) in [5.74, 6) is 0.853.